The van der Waals surface area contributed by atoms with Crippen molar-refractivity contribution in [2.24, 2.45) is 5.41 Å². The van der Waals surface area contributed by atoms with Crippen LogP contribution in [0, 0.1) is 12.3 Å². The second-order valence-electron chi connectivity index (χ2n) is 4.07. The number of hydrogen-bond acceptors (Lipinski definition) is 2. The monoisotopic (exact) mass is 182 g/mol. The van der Waals surface area contributed by atoms with Crippen LogP contribution in [-0.4, -0.2) is 5.78 Å². The van der Waals surface area contributed by atoms with Gasteiger partial charge >= 0.3 is 0 Å². The van der Waals surface area contributed by atoms with Gasteiger partial charge in [-0.05, 0) is 23.9 Å². The van der Waals surface area contributed by atoms with E-state index in [1.165, 1.54) is 16.9 Å². The summed E-state index contributed by atoms with van der Waals surface area (Å²) in [5, 5.41) is 2.01. The van der Waals surface area contributed by atoms with E-state index in [9.17, 15) is 4.79 Å². The fraction of sp³-hybridized carbons (Fsp3) is 0.500. The highest BCUT2D eigenvalue weighted by Crippen LogP contribution is 2.24. The Hall–Kier alpha value is -0.630. The van der Waals surface area contributed by atoms with Crippen LogP contribution in [0.3, 0.4) is 0 Å². The Balaban J connectivity index is 2.93. The molecule has 0 amide bonds. The molecule has 0 fully saturated rings. The largest absolute Gasteiger partial charge is 0.293 e. The Morgan fingerprint density at radius 3 is 2.33 bits per heavy atom. The molecule has 1 aromatic rings. The van der Waals surface area contributed by atoms with Gasteiger partial charge in [0.2, 0.25) is 0 Å². The Labute approximate surface area is 77.4 Å². The first kappa shape index (κ1) is 9.46. The van der Waals surface area contributed by atoms with Gasteiger partial charge in [0.05, 0.1) is 4.88 Å². The van der Waals surface area contributed by atoms with Crippen LogP contribution < -0.4 is 0 Å². The highest BCUT2D eigenvalue weighted by Gasteiger charge is 2.23. The quantitative estimate of drug-likeness (QED) is 0.609. The normalized spacial score (nSPS) is 11.7. The number of rotatable bonds is 1. The number of thiophene rings is 1. The van der Waals surface area contributed by atoms with E-state index in [1.807, 2.05) is 39.1 Å². The average Bonchev–Trinajstić information content (AvgIpc) is 2.32. The number of carbonyl (C=O) groups excluding carboxylic acids is 1. The molecular weight excluding hydrogens is 168 g/mol. The number of Topliss-reactive ketones (excluding diaryl/α,β-unsaturated/α-hetero) is 1. The van der Waals surface area contributed by atoms with Gasteiger partial charge in [-0.3, -0.25) is 4.79 Å². The lowest BCUT2D eigenvalue weighted by atomic mass is 9.90. The molecule has 1 rings (SSSR count). The maximum absolute atomic E-state index is 11.7. The topological polar surface area (TPSA) is 17.1 Å². The molecule has 1 nitrogen and oxygen atoms in total. The molecule has 0 aliphatic carbocycles. The van der Waals surface area contributed by atoms with Crippen LogP contribution in [0.2, 0.25) is 0 Å². The number of aryl methyl sites for hydroxylation is 1. The lowest BCUT2D eigenvalue weighted by Crippen LogP contribution is -2.18. The van der Waals surface area contributed by atoms with Crippen molar-refractivity contribution in [2.45, 2.75) is 27.7 Å². The van der Waals surface area contributed by atoms with Gasteiger partial charge in [0.25, 0.3) is 0 Å². The Morgan fingerprint density at radius 2 is 2.00 bits per heavy atom. The standard InChI is InChI=1S/C10H14OS/c1-7-5-8(12-6-7)9(11)10(2,3)4/h5-6H,1-4H3. The summed E-state index contributed by atoms with van der Waals surface area (Å²) >= 11 is 1.53. The van der Waals surface area contributed by atoms with Crippen LogP contribution in [0.5, 0.6) is 0 Å². The minimum Gasteiger partial charge on any atom is -0.293 e. The van der Waals surface area contributed by atoms with Crippen molar-refractivity contribution >= 4 is 17.1 Å². The fourth-order valence-corrected chi connectivity index (χ4v) is 1.97. The lowest BCUT2D eigenvalue weighted by Gasteiger charge is -2.14. The van der Waals surface area contributed by atoms with Gasteiger partial charge in [0.15, 0.2) is 5.78 Å². The molecule has 0 saturated heterocycles. The summed E-state index contributed by atoms with van der Waals surface area (Å²) in [6, 6.07) is 1.96. The first-order chi connectivity index (χ1) is 5.41. The van der Waals surface area contributed by atoms with Crippen LogP contribution in [0.4, 0.5) is 0 Å². The zero-order valence-corrected chi connectivity index (χ0v) is 8.79. The summed E-state index contributed by atoms with van der Waals surface area (Å²) in [6.45, 7) is 7.86. The highest BCUT2D eigenvalue weighted by molar-refractivity contribution is 7.12. The van der Waals surface area contributed by atoms with Crippen LogP contribution >= 0.6 is 11.3 Å². The minimum atomic E-state index is -0.253. The molecule has 1 heterocycles. The molecule has 0 saturated carbocycles. The van der Waals surface area contributed by atoms with Crippen molar-refractivity contribution < 1.29 is 4.79 Å². The minimum absolute atomic E-state index is 0.237. The third kappa shape index (κ3) is 1.95. The Morgan fingerprint density at radius 1 is 1.42 bits per heavy atom. The molecule has 0 aliphatic heterocycles. The summed E-state index contributed by atoms with van der Waals surface area (Å²) in [4.78, 5) is 12.6. The number of carbonyl (C=O) groups is 1. The van der Waals surface area contributed by atoms with E-state index in [-0.39, 0.29) is 11.2 Å². The van der Waals surface area contributed by atoms with Gasteiger partial charge in [-0.2, -0.15) is 0 Å². The van der Waals surface area contributed by atoms with Gasteiger partial charge < -0.3 is 0 Å². The van der Waals surface area contributed by atoms with Crippen molar-refractivity contribution in [2.75, 3.05) is 0 Å². The lowest BCUT2D eigenvalue weighted by molar-refractivity contribution is 0.0863. The van der Waals surface area contributed by atoms with Crippen molar-refractivity contribution in [3.63, 3.8) is 0 Å². The zero-order chi connectivity index (χ0) is 9.35. The summed E-state index contributed by atoms with van der Waals surface area (Å²) in [7, 11) is 0. The maximum Gasteiger partial charge on any atom is 0.178 e. The second kappa shape index (κ2) is 3.02. The summed E-state index contributed by atoms with van der Waals surface area (Å²) in [5.41, 5.74) is 0.921. The van der Waals surface area contributed by atoms with Crippen molar-refractivity contribution in [1.29, 1.82) is 0 Å². The van der Waals surface area contributed by atoms with Gasteiger partial charge in [0.1, 0.15) is 0 Å². The van der Waals surface area contributed by atoms with Crippen molar-refractivity contribution in [3.8, 4) is 0 Å². The summed E-state index contributed by atoms with van der Waals surface area (Å²) < 4.78 is 0. The zero-order valence-electron chi connectivity index (χ0n) is 7.97. The Bertz CT molecular complexity index is 291. The molecule has 0 aliphatic rings. The predicted molar refractivity (Wildman–Crippen MR) is 52.8 cm³/mol. The molecule has 0 aromatic carbocycles. The van der Waals surface area contributed by atoms with Crippen molar-refractivity contribution in [3.05, 3.63) is 21.9 Å². The molecule has 0 N–H and O–H groups in total. The fourth-order valence-electron chi connectivity index (χ4n) is 0.920. The first-order valence-corrected chi connectivity index (χ1v) is 4.89. The van der Waals surface area contributed by atoms with Crippen LogP contribution in [-0.2, 0) is 0 Å². The molecule has 12 heavy (non-hydrogen) atoms. The molecule has 1 aromatic heterocycles. The molecular formula is C10H14OS. The maximum atomic E-state index is 11.7. The van der Waals surface area contributed by atoms with Gasteiger partial charge in [0, 0.05) is 5.41 Å². The third-order valence-electron chi connectivity index (χ3n) is 1.64. The second-order valence-corrected chi connectivity index (χ2v) is 4.98. The smallest absolute Gasteiger partial charge is 0.178 e. The van der Waals surface area contributed by atoms with Crippen LogP contribution in [0.15, 0.2) is 11.4 Å². The molecule has 0 bridgehead atoms. The van der Waals surface area contributed by atoms with Crippen molar-refractivity contribution in [1.82, 2.24) is 0 Å². The van der Waals surface area contributed by atoms with Crippen LogP contribution in [0.1, 0.15) is 36.0 Å². The van der Waals surface area contributed by atoms with E-state index in [1.54, 1.807) is 0 Å². The van der Waals surface area contributed by atoms with E-state index < -0.39 is 0 Å². The number of hydrogen-bond donors (Lipinski definition) is 0. The third-order valence-corrected chi connectivity index (χ3v) is 2.68. The van der Waals surface area contributed by atoms with Gasteiger partial charge in [-0.1, -0.05) is 20.8 Å². The van der Waals surface area contributed by atoms with E-state index >= 15 is 0 Å². The molecule has 0 unspecified atom stereocenters. The SMILES string of the molecule is Cc1csc(C(=O)C(C)(C)C)c1. The summed E-state index contributed by atoms with van der Waals surface area (Å²) in [6.07, 6.45) is 0. The van der Waals surface area contributed by atoms with E-state index in [0.29, 0.717) is 0 Å². The molecule has 0 atom stereocenters. The highest BCUT2D eigenvalue weighted by atomic mass is 32.1. The predicted octanol–water partition coefficient (Wildman–Crippen LogP) is 3.29. The first-order valence-electron chi connectivity index (χ1n) is 4.01. The molecule has 0 spiro atoms. The van der Waals surface area contributed by atoms with Gasteiger partial charge in [-0.15, -0.1) is 11.3 Å². The molecule has 2 heteroatoms. The number of ketones is 1. The average molecular weight is 182 g/mol. The van der Waals surface area contributed by atoms with E-state index in [4.69, 9.17) is 0 Å². The van der Waals surface area contributed by atoms with Gasteiger partial charge in [-0.25, -0.2) is 0 Å². The van der Waals surface area contributed by atoms with E-state index in [0.717, 1.165) is 4.88 Å². The summed E-state index contributed by atoms with van der Waals surface area (Å²) in [5.74, 6) is 0.237. The molecule has 66 valence electrons. The Kier molecular flexibility index (Phi) is 2.38. The molecule has 0 radical (unpaired) electrons. The van der Waals surface area contributed by atoms with E-state index in [2.05, 4.69) is 0 Å². The van der Waals surface area contributed by atoms with Crippen LogP contribution in [0.25, 0.3) is 0 Å².